The number of hydrogen-bond acceptors (Lipinski definition) is 10. The second kappa shape index (κ2) is 11.2. The molecule has 0 saturated carbocycles. The number of rotatable bonds is 8. The molecule has 12 heteroatoms. The molecule has 3 aromatic rings. The third-order valence-electron chi connectivity index (χ3n) is 6.34. The first-order chi connectivity index (χ1) is 18.1. The fourth-order valence-corrected chi connectivity index (χ4v) is 5.36. The van der Waals surface area contributed by atoms with Gasteiger partial charge < -0.3 is 14.8 Å². The van der Waals surface area contributed by atoms with Crippen molar-refractivity contribution < 1.29 is 23.5 Å². The summed E-state index contributed by atoms with van der Waals surface area (Å²) in [5.74, 6) is -1.30. The number of likely N-dealkylation sites (tertiary alicyclic amines) is 1. The van der Waals surface area contributed by atoms with Crippen molar-refractivity contribution in [2.45, 2.75) is 57.9 Å². The van der Waals surface area contributed by atoms with Gasteiger partial charge in [0.25, 0.3) is 0 Å². The number of piperidine rings is 1. The van der Waals surface area contributed by atoms with E-state index in [-0.39, 0.29) is 42.2 Å². The molecule has 0 radical (unpaired) electrons. The average Bonchev–Trinajstić information content (AvgIpc) is 3.22. The highest BCUT2D eigenvalue weighted by Gasteiger charge is 2.51. The number of thiazole rings is 1. The molecule has 1 fully saturated rings. The zero-order chi connectivity index (χ0) is 27.3. The zero-order valence-electron chi connectivity index (χ0n) is 21.2. The molecule has 2 unspecified atom stereocenters. The van der Waals surface area contributed by atoms with E-state index < -0.39 is 23.1 Å². The van der Waals surface area contributed by atoms with E-state index in [1.54, 1.807) is 6.92 Å². The van der Waals surface area contributed by atoms with Crippen LogP contribution in [0.15, 0.2) is 42.7 Å². The third-order valence-corrected chi connectivity index (χ3v) is 7.27. The van der Waals surface area contributed by atoms with Crippen molar-refractivity contribution >= 4 is 28.3 Å². The molecule has 198 valence electrons. The fraction of sp³-hybridized carbons (Fsp3) is 0.385. The van der Waals surface area contributed by atoms with E-state index in [1.165, 1.54) is 19.3 Å². The Morgan fingerprint density at radius 2 is 2.00 bits per heavy atom. The Balaban J connectivity index is 1.58. The van der Waals surface area contributed by atoms with Crippen LogP contribution in [0.4, 0.5) is 9.52 Å². The van der Waals surface area contributed by atoms with E-state index in [4.69, 9.17) is 14.7 Å². The molecule has 1 aromatic carbocycles. The lowest BCUT2D eigenvalue weighted by Gasteiger charge is -2.49. The Kier molecular flexibility index (Phi) is 7.99. The lowest BCUT2D eigenvalue weighted by atomic mass is 9.78. The molecule has 1 saturated heterocycles. The molecule has 1 aliphatic rings. The molecular formula is C26H27FN6O4S. The Morgan fingerprint density at radius 1 is 1.24 bits per heavy atom. The highest BCUT2D eigenvalue weighted by atomic mass is 32.1. The summed E-state index contributed by atoms with van der Waals surface area (Å²) < 4.78 is 26.6. The predicted octanol–water partition coefficient (Wildman–Crippen LogP) is 3.84. The number of ether oxygens (including phenoxy) is 2. The minimum Gasteiger partial charge on any atom is -0.470 e. The first-order valence-corrected chi connectivity index (χ1v) is 12.7. The summed E-state index contributed by atoms with van der Waals surface area (Å²) >= 11 is 1.02. The number of hydrogen-bond donors (Lipinski definition) is 1. The van der Waals surface area contributed by atoms with Gasteiger partial charge in [-0.3, -0.25) is 14.5 Å². The van der Waals surface area contributed by atoms with Gasteiger partial charge in [0.05, 0.1) is 17.3 Å². The van der Waals surface area contributed by atoms with Crippen LogP contribution < -0.4 is 10.1 Å². The van der Waals surface area contributed by atoms with Crippen molar-refractivity contribution in [3.8, 4) is 11.9 Å². The highest BCUT2D eigenvalue weighted by Crippen LogP contribution is 2.40. The number of anilines is 1. The van der Waals surface area contributed by atoms with E-state index in [9.17, 15) is 14.0 Å². The van der Waals surface area contributed by atoms with Crippen LogP contribution in [0, 0.1) is 17.3 Å². The highest BCUT2D eigenvalue weighted by molar-refractivity contribution is 7.15. The van der Waals surface area contributed by atoms with Crippen molar-refractivity contribution in [1.82, 2.24) is 19.9 Å². The van der Waals surface area contributed by atoms with Gasteiger partial charge in [-0.25, -0.2) is 9.97 Å². The van der Waals surface area contributed by atoms with Crippen molar-refractivity contribution in [1.29, 1.82) is 5.26 Å². The monoisotopic (exact) mass is 538 g/mol. The summed E-state index contributed by atoms with van der Waals surface area (Å²) in [5.41, 5.74) is -1.01. The van der Waals surface area contributed by atoms with E-state index in [0.29, 0.717) is 17.8 Å². The number of esters is 1. The van der Waals surface area contributed by atoms with Gasteiger partial charge >= 0.3 is 5.97 Å². The van der Waals surface area contributed by atoms with Gasteiger partial charge in [0.1, 0.15) is 23.8 Å². The zero-order valence-corrected chi connectivity index (χ0v) is 22.0. The Labute approximate surface area is 223 Å². The maximum Gasteiger partial charge on any atom is 0.326 e. The number of nitrogens with one attached hydrogen (secondary N) is 1. The normalized spacial score (nSPS) is 21.3. The van der Waals surface area contributed by atoms with Crippen LogP contribution >= 0.6 is 11.3 Å². The molecule has 1 amide bonds. The number of nitrogens with zero attached hydrogens (tertiary/aromatic N) is 5. The quantitative estimate of drug-likeness (QED) is 0.425. The van der Waals surface area contributed by atoms with Gasteiger partial charge in [-0.1, -0.05) is 41.7 Å². The van der Waals surface area contributed by atoms with E-state index in [2.05, 4.69) is 20.3 Å². The summed E-state index contributed by atoms with van der Waals surface area (Å²) in [6.07, 6.45) is 3.40. The van der Waals surface area contributed by atoms with Crippen LogP contribution in [-0.2, 0) is 27.5 Å². The lowest BCUT2D eigenvalue weighted by Crippen LogP contribution is -2.62. The van der Waals surface area contributed by atoms with Crippen LogP contribution in [0.3, 0.4) is 0 Å². The molecule has 0 bridgehead atoms. The molecule has 0 aliphatic carbocycles. The van der Waals surface area contributed by atoms with Crippen LogP contribution in [0.25, 0.3) is 0 Å². The van der Waals surface area contributed by atoms with Crippen molar-refractivity contribution in [3.63, 3.8) is 0 Å². The Morgan fingerprint density at radius 3 is 2.66 bits per heavy atom. The predicted molar refractivity (Wildman–Crippen MR) is 136 cm³/mol. The first-order valence-electron chi connectivity index (χ1n) is 11.9. The molecule has 2 aromatic heterocycles. The SMILES string of the molecule is CC(=O)Nc1nc(F)c(CN2CCC(C)(Oc3cnc(C#N)cn3)CC2(C)C(=O)OCc2ccccc2)s1. The largest absolute Gasteiger partial charge is 0.470 e. The molecule has 2 atom stereocenters. The number of amides is 1. The number of carbonyl (C=O) groups is 2. The standard InChI is InChI=1S/C26H27FN6O4S/c1-17(34)31-24-32-22(27)20(38-24)14-33-10-9-25(2,37-21-13-29-19(11-28)12-30-21)16-26(33,3)23(35)36-15-18-7-5-4-6-8-18/h4-8,12-13H,9-10,14-16H2,1-3H3,(H,31,32,34). The third kappa shape index (κ3) is 6.30. The average molecular weight is 539 g/mol. The molecule has 3 heterocycles. The van der Waals surface area contributed by atoms with Crippen LogP contribution in [0.5, 0.6) is 5.88 Å². The maximum absolute atomic E-state index is 14.7. The number of carbonyl (C=O) groups excluding carboxylic acids is 2. The maximum atomic E-state index is 14.7. The number of benzene rings is 1. The molecule has 4 rings (SSSR count). The molecule has 0 spiro atoms. The minimum atomic E-state index is -1.19. The van der Waals surface area contributed by atoms with Gasteiger partial charge in [-0.2, -0.15) is 14.6 Å². The van der Waals surface area contributed by atoms with Crippen LogP contribution in [-0.4, -0.2) is 49.4 Å². The summed E-state index contributed by atoms with van der Waals surface area (Å²) in [4.78, 5) is 39.1. The van der Waals surface area contributed by atoms with E-state index in [1.807, 2.05) is 48.2 Å². The summed E-state index contributed by atoms with van der Waals surface area (Å²) in [6.45, 7) is 5.50. The molecule has 1 aliphatic heterocycles. The smallest absolute Gasteiger partial charge is 0.326 e. The molecular weight excluding hydrogens is 511 g/mol. The van der Waals surface area contributed by atoms with Gasteiger partial charge in [-0.05, 0) is 25.8 Å². The minimum absolute atomic E-state index is 0.0867. The van der Waals surface area contributed by atoms with E-state index in [0.717, 1.165) is 16.9 Å². The van der Waals surface area contributed by atoms with Crippen LogP contribution in [0.1, 0.15) is 49.7 Å². The van der Waals surface area contributed by atoms with Gasteiger partial charge in [0.2, 0.25) is 17.7 Å². The first kappa shape index (κ1) is 27.1. The fourth-order valence-electron chi connectivity index (χ4n) is 4.45. The second-order valence-corrected chi connectivity index (χ2v) is 10.6. The molecule has 10 nitrogen and oxygen atoms in total. The van der Waals surface area contributed by atoms with Gasteiger partial charge in [0.15, 0.2) is 10.8 Å². The van der Waals surface area contributed by atoms with Crippen molar-refractivity contribution in [2.75, 3.05) is 11.9 Å². The van der Waals surface area contributed by atoms with Gasteiger partial charge in [0, 0.05) is 26.4 Å². The van der Waals surface area contributed by atoms with E-state index >= 15 is 0 Å². The molecule has 1 N–H and O–H groups in total. The lowest BCUT2D eigenvalue weighted by molar-refractivity contribution is -0.169. The van der Waals surface area contributed by atoms with Crippen LogP contribution in [0.2, 0.25) is 0 Å². The summed E-state index contributed by atoms with van der Waals surface area (Å²) in [5, 5.41) is 11.6. The van der Waals surface area contributed by atoms with Crippen molar-refractivity contribution in [3.05, 3.63) is 64.8 Å². The number of aromatic nitrogens is 3. The topological polar surface area (TPSA) is 130 Å². The van der Waals surface area contributed by atoms with Crippen molar-refractivity contribution in [2.24, 2.45) is 0 Å². The second-order valence-electron chi connectivity index (χ2n) is 9.50. The van der Waals surface area contributed by atoms with Gasteiger partial charge in [-0.15, -0.1) is 0 Å². The number of nitriles is 1. The Bertz CT molecular complexity index is 1350. The summed E-state index contributed by atoms with van der Waals surface area (Å²) in [6, 6.07) is 11.2. The Hall–Kier alpha value is -3.95. The summed E-state index contributed by atoms with van der Waals surface area (Å²) in [7, 11) is 0. The molecule has 38 heavy (non-hydrogen) atoms. The number of halogens is 1.